The van der Waals surface area contributed by atoms with Crippen LogP contribution in [0.5, 0.6) is 5.75 Å². The highest BCUT2D eigenvalue weighted by atomic mass is 35.5. The number of guanidine groups is 1. The molecule has 0 spiro atoms. The minimum Gasteiger partial charge on any atom is -0.508 e. The molecule has 2 heterocycles. The molecule has 1 saturated heterocycles. The highest BCUT2D eigenvalue weighted by Crippen LogP contribution is 2.22. The Labute approximate surface area is 595 Å². The molecule has 4 aromatic carbocycles. The predicted octanol–water partition coefficient (Wildman–Crippen LogP) is -0.716. The molecule has 0 unspecified atom stereocenters. The number of pyridine rings is 1. The van der Waals surface area contributed by atoms with Gasteiger partial charge in [0.25, 0.3) is 0 Å². The number of carbonyl (C=O) groups is 12. The number of fused-ring (bicyclic) bond motifs is 1. The van der Waals surface area contributed by atoms with Crippen molar-refractivity contribution in [1.29, 1.82) is 0 Å². The molecule has 0 saturated carbocycles. The number of phenols is 1. The molecular formula is C70H92ClN17O14. The van der Waals surface area contributed by atoms with Gasteiger partial charge in [0.1, 0.15) is 66.2 Å². The van der Waals surface area contributed by atoms with Crippen molar-refractivity contribution in [2.75, 3.05) is 26.2 Å². The SMILES string of the molecule is CC(=O)N[C@H](Cc1ccc2ccccc2c1)C(=O)N[C@@H](Cc1ccc(Cl)cc1)C(=O)N[C@H](Cc1cccnc1)C(=O)N[C@@H](CO)C(=O)N[C@@H](Cc1ccc(O)cc1)C(=O)N[C@@H](CCCNC(N)=O)C(=O)N[C@@H](CC(C)C)C(=O)N[C@@H](CCCN=C(N)N)C(=O)N1CCC[C@@H]1C(=O)N[C@@H](C)C(N)=O. The number of benzene rings is 4. The smallest absolute Gasteiger partial charge is 0.312 e. The van der Waals surface area contributed by atoms with Crippen molar-refractivity contribution in [1.82, 2.24) is 63.1 Å². The lowest BCUT2D eigenvalue weighted by atomic mass is 9.99. The number of hydrogen-bond donors (Lipinski definition) is 16. The van der Waals surface area contributed by atoms with Gasteiger partial charge in [0.2, 0.25) is 65.0 Å². The zero-order chi connectivity index (χ0) is 74.6. The molecule has 1 aromatic heterocycles. The lowest BCUT2D eigenvalue weighted by Crippen LogP contribution is -2.61. The Morgan fingerprint density at radius 3 is 1.63 bits per heavy atom. The second-order valence-corrected chi connectivity index (χ2v) is 25.8. The number of rotatable bonds is 38. The quantitative estimate of drug-likeness (QED) is 0.0132. The Bertz CT molecular complexity index is 3770. The van der Waals surface area contributed by atoms with Gasteiger partial charge in [-0.05, 0) is 121 Å². The van der Waals surface area contributed by atoms with E-state index in [-0.39, 0.29) is 101 Å². The fraction of sp³-hybridized carbons (Fsp3) is 0.429. The maximum absolute atomic E-state index is 14.9. The minimum absolute atomic E-state index is 0.000209. The van der Waals surface area contributed by atoms with Crippen LogP contribution in [0.1, 0.15) is 94.9 Å². The average Bonchev–Trinajstić information content (AvgIpc) is 1.13. The Kier molecular flexibility index (Phi) is 31.2. The summed E-state index contributed by atoms with van der Waals surface area (Å²) in [7, 11) is 0. The van der Waals surface area contributed by atoms with Gasteiger partial charge in [0.15, 0.2) is 5.96 Å². The number of aliphatic imine (C=N–C) groups is 1. The summed E-state index contributed by atoms with van der Waals surface area (Å²) in [6.07, 6.45) is 2.70. The summed E-state index contributed by atoms with van der Waals surface area (Å²) in [5, 5.41) is 49.5. The second-order valence-electron chi connectivity index (χ2n) is 25.4. The van der Waals surface area contributed by atoms with Crippen molar-refractivity contribution in [2.24, 2.45) is 33.8 Å². The fourth-order valence-electron chi connectivity index (χ4n) is 11.4. The number of nitrogens with one attached hydrogen (secondary N) is 10. The normalized spacial score (nSPS) is 15.2. The van der Waals surface area contributed by atoms with Crippen LogP contribution in [-0.4, -0.2) is 184 Å². The Morgan fingerprint density at radius 2 is 1.07 bits per heavy atom. The van der Waals surface area contributed by atoms with E-state index >= 15 is 0 Å². The van der Waals surface area contributed by atoms with E-state index in [2.05, 4.69) is 63.1 Å². The van der Waals surface area contributed by atoms with E-state index in [1.165, 1.54) is 55.4 Å². The largest absolute Gasteiger partial charge is 0.508 e. The van der Waals surface area contributed by atoms with Gasteiger partial charge in [-0.3, -0.25) is 62.7 Å². The molecule has 548 valence electrons. The first kappa shape index (κ1) is 80.0. The van der Waals surface area contributed by atoms with Gasteiger partial charge in [-0.2, -0.15) is 0 Å². The molecule has 1 aliphatic heterocycles. The van der Waals surface area contributed by atoms with Gasteiger partial charge in [-0.25, -0.2) is 4.79 Å². The van der Waals surface area contributed by atoms with E-state index < -0.39 is 138 Å². The number of phenolic OH excluding ortho intramolecular Hbond substituents is 1. The highest BCUT2D eigenvalue weighted by Gasteiger charge is 2.40. The number of aliphatic hydroxyl groups excluding tert-OH is 1. The lowest BCUT2D eigenvalue weighted by Gasteiger charge is -2.31. The van der Waals surface area contributed by atoms with Crippen molar-refractivity contribution in [2.45, 2.75) is 159 Å². The summed E-state index contributed by atoms with van der Waals surface area (Å²) in [6.45, 7) is 5.15. The molecule has 0 aliphatic carbocycles. The van der Waals surface area contributed by atoms with E-state index in [1.807, 2.05) is 42.5 Å². The number of nitrogens with two attached hydrogens (primary N) is 4. The van der Waals surface area contributed by atoms with Crippen LogP contribution in [0.4, 0.5) is 4.79 Å². The number of nitrogens with zero attached hydrogens (tertiary/aromatic N) is 3. The van der Waals surface area contributed by atoms with Crippen LogP contribution >= 0.6 is 11.6 Å². The number of aromatic nitrogens is 1. The van der Waals surface area contributed by atoms with Crippen molar-refractivity contribution in [3.05, 3.63) is 143 Å². The molecule has 31 nitrogen and oxygen atoms in total. The monoisotopic (exact) mass is 1430 g/mol. The third-order valence-electron chi connectivity index (χ3n) is 16.7. The average molecular weight is 1430 g/mol. The molecule has 20 N–H and O–H groups in total. The first-order valence-electron chi connectivity index (χ1n) is 33.5. The molecular weight excluding hydrogens is 1340 g/mol. The number of amides is 13. The van der Waals surface area contributed by atoms with Gasteiger partial charge in [0.05, 0.1) is 6.61 Å². The summed E-state index contributed by atoms with van der Waals surface area (Å²) in [5.41, 5.74) is 23.9. The Hall–Kier alpha value is -10.9. The number of halogens is 1. The third kappa shape index (κ3) is 26.0. The van der Waals surface area contributed by atoms with Crippen molar-refractivity contribution in [3.8, 4) is 5.75 Å². The molecule has 32 heteroatoms. The van der Waals surface area contributed by atoms with Crippen LogP contribution in [0, 0.1) is 5.92 Å². The van der Waals surface area contributed by atoms with Gasteiger partial charge < -0.3 is 91.2 Å². The van der Waals surface area contributed by atoms with E-state index in [1.54, 1.807) is 50.2 Å². The maximum atomic E-state index is 14.9. The van der Waals surface area contributed by atoms with Crippen LogP contribution in [0.15, 0.2) is 121 Å². The van der Waals surface area contributed by atoms with Crippen LogP contribution in [-0.2, 0) is 78.4 Å². The molecule has 0 radical (unpaired) electrons. The van der Waals surface area contributed by atoms with Crippen LogP contribution in [0.2, 0.25) is 5.02 Å². The Morgan fingerprint density at radius 1 is 0.569 bits per heavy atom. The molecule has 10 atom stereocenters. The maximum Gasteiger partial charge on any atom is 0.312 e. The highest BCUT2D eigenvalue weighted by molar-refractivity contribution is 6.30. The van der Waals surface area contributed by atoms with Gasteiger partial charge in [-0.15, -0.1) is 0 Å². The van der Waals surface area contributed by atoms with Crippen molar-refractivity contribution < 1.29 is 67.7 Å². The number of carbonyl (C=O) groups excluding carboxylic acids is 12. The first-order chi connectivity index (χ1) is 48.6. The summed E-state index contributed by atoms with van der Waals surface area (Å²) in [4.78, 5) is 176. The molecule has 5 aromatic rings. The second kappa shape index (κ2) is 39.7. The third-order valence-corrected chi connectivity index (χ3v) is 16.9. The van der Waals surface area contributed by atoms with Crippen molar-refractivity contribution >= 4 is 99.3 Å². The van der Waals surface area contributed by atoms with E-state index in [0.717, 1.165) is 10.8 Å². The van der Waals surface area contributed by atoms with E-state index in [9.17, 15) is 67.7 Å². The van der Waals surface area contributed by atoms with E-state index in [4.69, 9.17) is 34.5 Å². The van der Waals surface area contributed by atoms with Crippen molar-refractivity contribution in [3.63, 3.8) is 0 Å². The Balaban J connectivity index is 1.26. The summed E-state index contributed by atoms with van der Waals surface area (Å²) in [6, 6.07) is 13.5. The molecule has 6 rings (SSSR count). The minimum atomic E-state index is -1.85. The molecule has 1 aliphatic rings. The summed E-state index contributed by atoms with van der Waals surface area (Å²) < 4.78 is 0. The number of aromatic hydroxyl groups is 1. The standard InChI is InChI=1S/C70H92ClN17O14/c1-39(2)31-52(61(94)82-51(15-9-28-77-69(73)74)68(101)88-30-10-16-58(88)67(100)79-40(3)59(72)92)83-60(93)50(14-8-29-78-70(75)102)81-63(96)54(34-43-20-25-49(91)26-21-43)86-66(99)57(38-89)87-65(98)56(36-45-11-7-27-76-37-45)85-64(97)55(33-42-18-23-48(71)24-19-42)84-62(95)53(80-41(4)90)35-44-17-22-46-12-5-6-13-47(46)32-44/h5-7,11-13,17-27,32,37,39-40,50-58,89,91H,8-10,14-16,28-31,33-36,38H2,1-4H3,(H2,72,92)(H,79,100)(H,80,90)(H,81,96)(H,82,94)(H,83,93)(H,84,95)(H,85,97)(H,86,99)(H,87,98)(H4,73,74,77)(H3,75,78,102)/t40-,50-,51-,52-,53+,54-,55-,56+,57-,58+/m0/s1. The molecule has 1 fully saturated rings. The number of likely N-dealkylation sites (tertiary alicyclic amines) is 1. The predicted molar refractivity (Wildman–Crippen MR) is 378 cm³/mol. The van der Waals surface area contributed by atoms with Gasteiger partial charge in [0, 0.05) is 69.7 Å². The summed E-state index contributed by atoms with van der Waals surface area (Å²) >= 11 is 6.23. The summed E-state index contributed by atoms with van der Waals surface area (Å²) in [5.74, 6) is -9.82. The number of aliphatic hydroxyl groups is 1. The van der Waals surface area contributed by atoms with E-state index in [0.29, 0.717) is 33.7 Å². The first-order valence-corrected chi connectivity index (χ1v) is 33.8. The van der Waals surface area contributed by atoms with Gasteiger partial charge >= 0.3 is 6.03 Å². The molecule has 102 heavy (non-hydrogen) atoms. The lowest BCUT2D eigenvalue weighted by molar-refractivity contribution is -0.142. The van der Waals surface area contributed by atoms with Crippen LogP contribution < -0.4 is 76.1 Å². The zero-order valence-electron chi connectivity index (χ0n) is 57.2. The van der Waals surface area contributed by atoms with Gasteiger partial charge in [-0.1, -0.05) is 98.2 Å². The zero-order valence-corrected chi connectivity index (χ0v) is 58.0. The van der Waals surface area contributed by atoms with Crippen LogP contribution in [0.25, 0.3) is 10.8 Å². The number of urea groups is 1. The number of hydrogen-bond acceptors (Lipinski definition) is 16. The fourth-order valence-corrected chi connectivity index (χ4v) is 11.5. The molecule has 0 bridgehead atoms. The topological polar surface area (TPSA) is 498 Å². The number of primary amides is 2. The molecule has 13 amide bonds. The van der Waals surface area contributed by atoms with Crippen LogP contribution in [0.3, 0.4) is 0 Å².